The van der Waals surface area contributed by atoms with Gasteiger partial charge in [-0.3, -0.25) is 4.79 Å². The maximum Gasteiger partial charge on any atom is 0.498 e. The maximum atomic E-state index is 12.7. The summed E-state index contributed by atoms with van der Waals surface area (Å²) in [7, 11) is -4.31. The summed E-state index contributed by atoms with van der Waals surface area (Å²) in [5.74, 6) is -0.423. The Morgan fingerprint density at radius 2 is 1.85 bits per heavy atom. The number of aliphatic hydroxyl groups excluding tert-OH is 2. The SMILES string of the molecule is CC1(C)OB(c2cnc(S(=O)(=O)CCCC3CCCN(C(=O)C(O)CO)C3)nc2)OC1(C)C. The van der Waals surface area contributed by atoms with Crippen LogP contribution in [0.3, 0.4) is 0 Å². The Hall–Kier alpha value is -1.60. The maximum absolute atomic E-state index is 12.7. The number of likely N-dealkylation sites (tertiary alicyclic amines) is 1. The molecule has 0 radical (unpaired) electrons. The molecule has 2 aliphatic rings. The molecule has 1 aromatic heterocycles. The summed E-state index contributed by atoms with van der Waals surface area (Å²) in [5, 5.41) is 18.3. The first kappa shape index (κ1) is 26.0. The Morgan fingerprint density at radius 3 is 2.42 bits per heavy atom. The summed E-state index contributed by atoms with van der Waals surface area (Å²) in [4.78, 5) is 21.7. The molecule has 0 spiro atoms. The largest absolute Gasteiger partial charge is 0.498 e. The van der Waals surface area contributed by atoms with Gasteiger partial charge in [0.1, 0.15) is 0 Å². The van der Waals surface area contributed by atoms with Gasteiger partial charge in [0, 0.05) is 30.9 Å². The van der Waals surface area contributed by atoms with Gasteiger partial charge in [-0.15, -0.1) is 0 Å². The van der Waals surface area contributed by atoms with Crippen LogP contribution in [0, 0.1) is 5.92 Å². The molecule has 3 heterocycles. The molecular weight excluding hydrogens is 449 g/mol. The first-order valence-corrected chi connectivity index (χ1v) is 13.0. The fourth-order valence-electron chi connectivity index (χ4n) is 4.03. The molecule has 10 nitrogen and oxygen atoms in total. The minimum absolute atomic E-state index is 0.0907. The van der Waals surface area contributed by atoms with Crippen LogP contribution >= 0.6 is 0 Å². The van der Waals surface area contributed by atoms with Crippen molar-refractivity contribution < 1.29 is 32.7 Å². The predicted octanol–water partition coefficient (Wildman–Crippen LogP) is -0.0785. The van der Waals surface area contributed by atoms with E-state index in [1.165, 1.54) is 12.4 Å². The lowest BCUT2D eigenvalue weighted by Gasteiger charge is -2.33. The van der Waals surface area contributed by atoms with Crippen molar-refractivity contribution in [1.29, 1.82) is 0 Å². The van der Waals surface area contributed by atoms with Crippen LogP contribution in [0.5, 0.6) is 0 Å². The molecule has 184 valence electrons. The summed E-state index contributed by atoms with van der Waals surface area (Å²) in [6.07, 6.45) is 4.17. The number of aliphatic hydroxyl groups is 2. The third kappa shape index (κ3) is 5.91. The standard InChI is InChI=1S/C21H34BN3O7S/c1-20(2)21(3,4)32-22(31-20)16-11-23-19(24-12-16)33(29,30)10-6-8-15-7-5-9-25(13-15)18(28)17(27)14-26/h11-12,15,17,26-27H,5-10,13-14H2,1-4H3. The quantitative estimate of drug-likeness (QED) is 0.384. The Labute approximate surface area is 195 Å². The van der Waals surface area contributed by atoms with Crippen molar-refractivity contribution in [2.24, 2.45) is 5.92 Å². The van der Waals surface area contributed by atoms with Crippen LogP contribution in [0.25, 0.3) is 0 Å². The highest BCUT2D eigenvalue weighted by Crippen LogP contribution is 2.36. The Bertz CT molecular complexity index is 924. The average molecular weight is 483 g/mol. The van der Waals surface area contributed by atoms with Crippen molar-refractivity contribution in [2.75, 3.05) is 25.4 Å². The monoisotopic (exact) mass is 483 g/mol. The molecule has 1 aromatic rings. The summed E-state index contributed by atoms with van der Waals surface area (Å²) in [5.41, 5.74) is -0.472. The van der Waals surface area contributed by atoms with Crippen molar-refractivity contribution in [3.63, 3.8) is 0 Å². The van der Waals surface area contributed by atoms with Crippen LogP contribution in [-0.2, 0) is 23.9 Å². The molecule has 2 saturated heterocycles. The fraction of sp³-hybridized carbons (Fsp3) is 0.762. The van der Waals surface area contributed by atoms with E-state index in [9.17, 15) is 18.3 Å². The molecule has 0 aliphatic carbocycles. The molecule has 2 N–H and O–H groups in total. The van der Waals surface area contributed by atoms with E-state index in [1.54, 1.807) is 4.90 Å². The third-order valence-corrected chi connectivity index (χ3v) is 8.36. The molecule has 2 unspecified atom stereocenters. The first-order valence-electron chi connectivity index (χ1n) is 11.3. The smallest absolute Gasteiger partial charge is 0.399 e. The molecule has 0 bridgehead atoms. The zero-order valence-corrected chi connectivity index (χ0v) is 20.5. The topological polar surface area (TPSA) is 139 Å². The van der Waals surface area contributed by atoms with Crippen molar-refractivity contribution in [3.8, 4) is 0 Å². The predicted molar refractivity (Wildman–Crippen MR) is 121 cm³/mol. The molecule has 3 rings (SSSR count). The van der Waals surface area contributed by atoms with Crippen LogP contribution in [0.2, 0.25) is 0 Å². The van der Waals surface area contributed by atoms with Gasteiger partial charge >= 0.3 is 7.12 Å². The van der Waals surface area contributed by atoms with Gasteiger partial charge in [-0.1, -0.05) is 0 Å². The van der Waals surface area contributed by atoms with E-state index < -0.39 is 46.8 Å². The summed E-state index contributed by atoms with van der Waals surface area (Å²) in [6, 6.07) is 0. The van der Waals surface area contributed by atoms with E-state index >= 15 is 0 Å². The Kier molecular flexibility index (Phi) is 7.84. The van der Waals surface area contributed by atoms with Gasteiger partial charge in [0.15, 0.2) is 6.10 Å². The minimum atomic E-state index is -3.65. The van der Waals surface area contributed by atoms with Crippen LogP contribution in [0.1, 0.15) is 53.4 Å². The summed E-state index contributed by atoms with van der Waals surface area (Å²) < 4.78 is 37.3. The number of aromatic nitrogens is 2. The average Bonchev–Trinajstić information content (AvgIpc) is 2.99. The van der Waals surface area contributed by atoms with Crippen LogP contribution in [0.4, 0.5) is 0 Å². The van der Waals surface area contributed by atoms with E-state index in [-0.39, 0.29) is 16.8 Å². The van der Waals surface area contributed by atoms with E-state index in [2.05, 4.69) is 9.97 Å². The summed E-state index contributed by atoms with van der Waals surface area (Å²) >= 11 is 0. The van der Waals surface area contributed by atoms with Crippen LogP contribution in [-0.4, -0.2) is 89.3 Å². The second-order valence-corrected chi connectivity index (χ2v) is 11.8. The number of carbonyl (C=O) groups is 1. The van der Waals surface area contributed by atoms with E-state index in [4.69, 9.17) is 14.4 Å². The summed E-state index contributed by atoms with van der Waals surface area (Å²) in [6.45, 7) is 8.12. The molecular formula is C21H34BN3O7S. The van der Waals surface area contributed by atoms with Gasteiger partial charge < -0.3 is 24.4 Å². The molecule has 2 fully saturated rings. The lowest BCUT2D eigenvalue weighted by molar-refractivity contribution is -0.144. The number of piperidine rings is 1. The highest BCUT2D eigenvalue weighted by atomic mass is 32.2. The third-order valence-electron chi connectivity index (χ3n) is 6.77. The van der Waals surface area contributed by atoms with E-state index in [0.717, 1.165) is 12.8 Å². The van der Waals surface area contributed by atoms with E-state index in [1.807, 2.05) is 27.7 Å². The highest BCUT2D eigenvalue weighted by Gasteiger charge is 2.52. The van der Waals surface area contributed by atoms with Crippen LogP contribution in [0.15, 0.2) is 17.6 Å². The number of rotatable bonds is 8. The first-order chi connectivity index (χ1) is 15.4. The van der Waals surface area contributed by atoms with Gasteiger partial charge in [0.25, 0.3) is 5.91 Å². The zero-order chi connectivity index (χ0) is 24.4. The number of hydrogen-bond acceptors (Lipinski definition) is 9. The number of nitrogens with zero attached hydrogens (tertiary/aromatic N) is 3. The molecule has 2 atom stereocenters. The van der Waals surface area contributed by atoms with E-state index in [0.29, 0.717) is 31.4 Å². The molecule has 33 heavy (non-hydrogen) atoms. The van der Waals surface area contributed by atoms with Gasteiger partial charge in [-0.05, 0) is 59.3 Å². The number of carbonyl (C=O) groups excluding carboxylic acids is 1. The fourth-order valence-corrected chi connectivity index (χ4v) is 5.19. The molecule has 0 saturated carbocycles. The van der Waals surface area contributed by atoms with Gasteiger partial charge in [-0.2, -0.15) is 0 Å². The van der Waals surface area contributed by atoms with Crippen molar-refractivity contribution in [2.45, 2.75) is 75.8 Å². The lowest BCUT2D eigenvalue weighted by atomic mass is 9.81. The van der Waals surface area contributed by atoms with Gasteiger partial charge in [0.05, 0.1) is 23.6 Å². The number of amides is 1. The van der Waals surface area contributed by atoms with Gasteiger partial charge in [-0.25, -0.2) is 18.4 Å². The Balaban J connectivity index is 1.53. The second kappa shape index (κ2) is 9.95. The molecule has 2 aliphatic heterocycles. The van der Waals surface area contributed by atoms with Gasteiger partial charge in [0.2, 0.25) is 15.0 Å². The second-order valence-electron chi connectivity index (χ2n) is 9.84. The molecule has 12 heteroatoms. The van der Waals surface area contributed by atoms with Crippen molar-refractivity contribution >= 4 is 28.3 Å². The lowest BCUT2D eigenvalue weighted by Crippen LogP contribution is -2.46. The molecule has 0 aromatic carbocycles. The number of sulfone groups is 1. The Morgan fingerprint density at radius 1 is 1.24 bits per heavy atom. The number of hydrogen-bond donors (Lipinski definition) is 2. The minimum Gasteiger partial charge on any atom is -0.399 e. The zero-order valence-electron chi connectivity index (χ0n) is 19.7. The normalized spacial score (nSPS) is 23.5. The molecule has 1 amide bonds. The van der Waals surface area contributed by atoms with Crippen molar-refractivity contribution in [1.82, 2.24) is 14.9 Å². The van der Waals surface area contributed by atoms with Crippen LogP contribution < -0.4 is 5.46 Å². The van der Waals surface area contributed by atoms with Crippen molar-refractivity contribution in [3.05, 3.63) is 12.4 Å². The highest BCUT2D eigenvalue weighted by molar-refractivity contribution is 7.91.